The highest BCUT2D eigenvalue weighted by Crippen LogP contribution is 1.90. The number of nitrogens with one attached hydrogen (secondary N) is 1. The molecule has 0 saturated carbocycles. The van der Waals surface area contributed by atoms with Crippen molar-refractivity contribution in [3.8, 4) is 0 Å². The summed E-state index contributed by atoms with van der Waals surface area (Å²) in [4.78, 5) is 3.99. The molecule has 0 saturated heterocycles. The number of ether oxygens (including phenoxy) is 1. The Balaban J connectivity index is 1.99. The van der Waals surface area contributed by atoms with Gasteiger partial charge < -0.3 is 14.6 Å². The summed E-state index contributed by atoms with van der Waals surface area (Å²) in [5.74, 6) is 0. The van der Waals surface area contributed by atoms with Crippen LogP contribution in [0.1, 0.15) is 13.3 Å². The number of hydrogen-bond acceptors (Lipinski definition) is 3. The molecule has 0 spiro atoms. The van der Waals surface area contributed by atoms with Crippen molar-refractivity contribution in [3.05, 3.63) is 18.7 Å². The van der Waals surface area contributed by atoms with Crippen LogP contribution in [0.25, 0.3) is 0 Å². The minimum absolute atomic E-state index is 0.433. The zero-order valence-electron chi connectivity index (χ0n) is 8.94. The predicted molar refractivity (Wildman–Crippen MR) is 56.2 cm³/mol. The second kappa shape index (κ2) is 6.56. The molecule has 4 nitrogen and oxygen atoms in total. The van der Waals surface area contributed by atoms with E-state index in [1.807, 2.05) is 12.5 Å². The first-order valence-corrected chi connectivity index (χ1v) is 5.01. The van der Waals surface area contributed by atoms with Gasteiger partial charge in [0.15, 0.2) is 0 Å². The highest BCUT2D eigenvalue weighted by molar-refractivity contribution is 4.73. The molecule has 14 heavy (non-hydrogen) atoms. The highest BCUT2D eigenvalue weighted by atomic mass is 16.5. The Kier molecular flexibility index (Phi) is 5.25. The Hall–Kier alpha value is -0.870. The van der Waals surface area contributed by atoms with Crippen molar-refractivity contribution in [1.82, 2.24) is 14.9 Å². The Morgan fingerprint density at radius 3 is 3.07 bits per heavy atom. The largest absolute Gasteiger partial charge is 0.383 e. The minimum atomic E-state index is 0.433. The summed E-state index contributed by atoms with van der Waals surface area (Å²) in [6.07, 6.45) is 6.75. The average molecular weight is 197 g/mol. The van der Waals surface area contributed by atoms with Gasteiger partial charge in [0.2, 0.25) is 0 Å². The lowest BCUT2D eigenvalue weighted by atomic mass is 10.3. The zero-order chi connectivity index (χ0) is 10.2. The summed E-state index contributed by atoms with van der Waals surface area (Å²) in [5.41, 5.74) is 0. The maximum absolute atomic E-state index is 5.03. The van der Waals surface area contributed by atoms with E-state index in [1.54, 1.807) is 13.3 Å². The van der Waals surface area contributed by atoms with Crippen LogP contribution in [0.5, 0.6) is 0 Å². The monoisotopic (exact) mass is 197 g/mol. The Morgan fingerprint density at radius 2 is 2.43 bits per heavy atom. The normalized spacial score (nSPS) is 13.0. The van der Waals surface area contributed by atoms with Crippen LogP contribution < -0.4 is 5.32 Å². The zero-order valence-corrected chi connectivity index (χ0v) is 8.94. The Labute approximate surface area is 85.3 Å². The van der Waals surface area contributed by atoms with E-state index >= 15 is 0 Å². The van der Waals surface area contributed by atoms with Gasteiger partial charge in [0.25, 0.3) is 0 Å². The third-order valence-electron chi connectivity index (χ3n) is 2.06. The fourth-order valence-corrected chi connectivity index (χ4v) is 1.34. The van der Waals surface area contributed by atoms with Gasteiger partial charge >= 0.3 is 0 Å². The smallest absolute Gasteiger partial charge is 0.0945 e. The summed E-state index contributed by atoms with van der Waals surface area (Å²) in [7, 11) is 1.73. The van der Waals surface area contributed by atoms with Crippen molar-refractivity contribution in [1.29, 1.82) is 0 Å². The summed E-state index contributed by atoms with van der Waals surface area (Å²) in [5, 5.41) is 3.39. The van der Waals surface area contributed by atoms with Crippen LogP contribution in [0.15, 0.2) is 18.7 Å². The van der Waals surface area contributed by atoms with Crippen molar-refractivity contribution in [2.45, 2.75) is 25.9 Å². The number of aryl methyl sites for hydroxylation is 1. The third-order valence-corrected chi connectivity index (χ3v) is 2.06. The van der Waals surface area contributed by atoms with Crippen molar-refractivity contribution < 1.29 is 4.74 Å². The van der Waals surface area contributed by atoms with E-state index in [0.29, 0.717) is 6.04 Å². The summed E-state index contributed by atoms with van der Waals surface area (Å²) < 4.78 is 7.11. The fraction of sp³-hybridized carbons (Fsp3) is 0.700. The second-order valence-electron chi connectivity index (χ2n) is 3.46. The lowest BCUT2D eigenvalue weighted by Gasteiger charge is -2.12. The standard InChI is InChI=1S/C10H19N3O/c1-10(8-14-2)12-4-3-6-13-7-5-11-9-13/h5,7,9-10,12H,3-4,6,8H2,1-2H3. The molecule has 0 bridgehead atoms. The van der Waals surface area contributed by atoms with Gasteiger partial charge in [0, 0.05) is 32.1 Å². The van der Waals surface area contributed by atoms with Crippen molar-refractivity contribution >= 4 is 0 Å². The van der Waals surface area contributed by atoms with Gasteiger partial charge in [-0.15, -0.1) is 0 Å². The highest BCUT2D eigenvalue weighted by Gasteiger charge is 1.98. The van der Waals surface area contributed by atoms with E-state index in [0.717, 1.165) is 26.1 Å². The third kappa shape index (κ3) is 4.39. The number of nitrogens with zero attached hydrogens (tertiary/aromatic N) is 2. The number of rotatable bonds is 7. The number of hydrogen-bond donors (Lipinski definition) is 1. The molecule has 1 aromatic rings. The number of aromatic nitrogens is 2. The van der Waals surface area contributed by atoms with Gasteiger partial charge in [-0.05, 0) is 19.9 Å². The SMILES string of the molecule is COCC(C)NCCCn1ccnc1. The van der Waals surface area contributed by atoms with Gasteiger partial charge in [-0.3, -0.25) is 0 Å². The van der Waals surface area contributed by atoms with Gasteiger partial charge in [-0.1, -0.05) is 0 Å². The molecule has 0 aliphatic heterocycles. The molecule has 1 N–H and O–H groups in total. The predicted octanol–water partition coefficient (Wildman–Crippen LogP) is 0.898. The van der Waals surface area contributed by atoms with Crippen LogP contribution in [0.2, 0.25) is 0 Å². The Morgan fingerprint density at radius 1 is 1.57 bits per heavy atom. The Bertz CT molecular complexity index is 223. The van der Waals surface area contributed by atoms with Crippen LogP contribution in [0.4, 0.5) is 0 Å². The van der Waals surface area contributed by atoms with Crippen molar-refractivity contribution in [2.75, 3.05) is 20.3 Å². The molecular formula is C10H19N3O. The second-order valence-corrected chi connectivity index (χ2v) is 3.46. The first-order valence-electron chi connectivity index (χ1n) is 5.01. The van der Waals surface area contributed by atoms with E-state index in [2.05, 4.69) is 21.8 Å². The first-order chi connectivity index (χ1) is 6.83. The van der Waals surface area contributed by atoms with Gasteiger partial charge in [-0.2, -0.15) is 0 Å². The van der Waals surface area contributed by atoms with E-state index in [4.69, 9.17) is 4.74 Å². The molecule has 0 aromatic carbocycles. The molecule has 1 unspecified atom stereocenters. The lowest BCUT2D eigenvalue weighted by molar-refractivity contribution is 0.172. The molecular weight excluding hydrogens is 178 g/mol. The van der Waals surface area contributed by atoms with Crippen LogP contribution >= 0.6 is 0 Å². The van der Waals surface area contributed by atoms with E-state index < -0.39 is 0 Å². The summed E-state index contributed by atoms with van der Waals surface area (Å²) >= 11 is 0. The summed E-state index contributed by atoms with van der Waals surface area (Å²) in [6.45, 7) is 4.93. The van der Waals surface area contributed by atoms with E-state index in [9.17, 15) is 0 Å². The first kappa shape index (κ1) is 11.2. The topological polar surface area (TPSA) is 39.1 Å². The van der Waals surface area contributed by atoms with Gasteiger partial charge in [0.1, 0.15) is 0 Å². The quantitative estimate of drug-likeness (QED) is 0.660. The van der Waals surface area contributed by atoms with Crippen LogP contribution in [0, 0.1) is 0 Å². The molecule has 0 fully saturated rings. The maximum Gasteiger partial charge on any atom is 0.0945 e. The van der Waals surface area contributed by atoms with Gasteiger partial charge in [-0.25, -0.2) is 4.98 Å². The van der Waals surface area contributed by atoms with Crippen LogP contribution in [0.3, 0.4) is 0 Å². The van der Waals surface area contributed by atoms with Crippen LogP contribution in [-0.4, -0.2) is 35.9 Å². The molecule has 0 aliphatic carbocycles. The molecule has 0 aliphatic rings. The molecule has 0 amide bonds. The molecule has 1 aromatic heterocycles. The van der Waals surface area contributed by atoms with E-state index in [-0.39, 0.29) is 0 Å². The van der Waals surface area contributed by atoms with Crippen molar-refractivity contribution in [3.63, 3.8) is 0 Å². The van der Waals surface area contributed by atoms with Gasteiger partial charge in [0.05, 0.1) is 12.9 Å². The van der Waals surface area contributed by atoms with Crippen LogP contribution in [-0.2, 0) is 11.3 Å². The molecule has 1 atom stereocenters. The lowest BCUT2D eigenvalue weighted by Crippen LogP contribution is -2.31. The molecule has 4 heteroatoms. The maximum atomic E-state index is 5.03. The number of methoxy groups -OCH3 is 1. The molecule has 0 radical (unpaired) electrons. The minimum Gasteiger partial charge on any atom is -0.383 e. The average Bonchev–Trinajstić information content (AvgIpc) is 2.65. The summed E-state index contributed by atoms with van der Waals surface area (Å²) in [6, 6.07) is 0.433. The molecule has 80 valence electrons. The van der Waals surface area contributed by atoms with E-state index in [1.165, 1.54) is 0 Å². The molecule has 1 rings (SSSR count). The van der Waals surface area contributed by atoms with Crippen molar-refractivity contribution in [2.24, 2.45) is 0 Å². The fourth-order valence-electron chi connectivity index (χ4n) is 1.34. The number of imidazole rings is 1. The molecule has 1 heterocycles.